The highest BCUT2D eigenvalue weighted by atomic mass is 32.1. The normalized spacial score (nSPS) is 16.5. The van der Waals surface area contributed by atoms with Crippen LogP contribution in [0, 0.1) is 0 Å². The van der Waals surface area contributed by atoms with Crippen LogP contribution < -0.4 is 0 Å². The molecule has 1 aromatic heterocycles. The molecular weight excluding hydrogens is 412 g/mol. The molecule has 166 valence electrons. The Morgan fingerprint density at radius 1 is 1.10 bits per heavy atom. The third-order valence-corrected chi connectivity index (χ3v) is 7.39. The van der Waals surface area contributed by atoms with E-state index in [1.54, 1.807) is 0 Å². The minimum Gasteiger partial charge on any atom is -0.478 e. The Morgan fingerprint density at radius 3 is 2.35 bits per heavy atom. The molecule has 4 rings (SSSR count). The molecule has 0 unspecified atom stereocenters. The molecule has 1 saturated carbocycles. The Kier molecular flexibility index (Phi) is 7.62. The summed E-state index contributed by atoms with van der Waals surface area (Å²) in [6.07, 6.45) is 11.5. The summed E-state index contributed by atoms with van der Waals surface area (Å²) in [5, 5.41) is 17.0. The van der Waals surface area contributed by atoms with E-state index in [-0.39, 0.29) is 0 Å². The maximum atomic E-state index is 9.55. The van der Waals surface area contributed by atoms with Crippen molar-refractivity contribution in [3.63, 3.8) is 0 Å². The van der Waals surface area contributed by atoms with Gasteiger partial charge in [-0.3, -0.25) is 0 Å². The van der Waals surface area contributed by atoms with Gasteiger partial charge in [-0.1, -0.05) is 43.5 Å². The predicted octanol–water partition coefficient (Wildman–Crippen LogP) is 4.62. The van der Waals surface area contributed by atoms with Gasteiger partial charge in [0.25, 0.3) is 0 Å². The minimum absolute atomic E-state index is 0.409. The van der Waals surface area contributed by atoms with Crippen molar-refractivity contribution in [2.45, 2.75) is 56.9 Å². The van der Waals surface area contributed by atoms with Gasteiger partial charge in [-0.05, 0) is 38.9 Å². The van der Waals surface area contributed by atoms with Gasteiger partial charge in [0, 0.05) is 41.0 Å². The SMILES string of the molecule is CN(C)C1(CCc2nc3c(s2)Cc2ccccc2-3)CCCCC1.O=C(O)C=CC(=O)O. The van der Waals surface area contributed by atoms with Crippen LogP contribution in [0.15, 0.2) is 36.4 Å². The highest BCUT2D eigenvalue weighted by molar-refractivity contribution is 7.12. The largest absolute Gasteiger partial charge is 0.478 e. The second-order valence-electron chi connectivity index (χ2n) is 8.40. The first-order valence-electron chi connectivity index (χ1n) is 10.7. The Morgan fingerprint density at radius 2 is 1.74 bits per heavy atom. The fourth-order valence-corrected chi connectivity index (χ4v) is 5.63. The first kappa shape index (κ1) is 23.2. The second kappa shape index (κ2) is 10.2. The monoisotopic (exact) mass is 442 g/mol. The third-order valence-electron chi connectivity index (χ3n) is 6.27. The van der Waals surface area contributed by atoms with Crippen molar-refractivity contribution < 1.29 is 19.8 Å². The van der Waals surface area contributed by atoms with E-state index >= 15 is 0 Å². The number of carboxylic acids is 2. The Bertz CT molecular complexity index is 942. The van der Waals surface area contributed by atoms with Gasteiger partial charge in [0.15, 0.2) is 0 Å². The molecule has 0 atom stereocenters. The first-order valence-corrected chi connectivity index (χ1v) is 11.5. The zero-order valence-corrected chi connectivity index (χ0v) is 19.0. The maximum absolute atomic E-state index is 9.55. The van der Waals surface area contributed by atoms with Crippen LogP contribution in [0.1, 0.15) is 54.0 Å². The van der Waals surface area contributed by atoms with Crippen molar-refractivity contribution in [1.82, 2.24) is 9.88 Å². The third kappa shape index (κ3) is 5.80. The first-order chi connectivity index (χ1) is 14.8. The average Bonchev–Trinajstić information content (AvgIpc) is 3.29. The van der Waals surface area contributed by atoms with Gasteiger partial charge in [0.1, 0.15) is 0 Å². The number of rotatable bonds is 6. The van der Waals surface area contributed by atoms with Gasteiger partial charge >= 0.3 is 11.9 Å². The molecule has 0 spiro atoms. The van der Waals surface area contributed by atoms with E-state index in [1.165, 1.54) is 65.2 Å². The van der Waals surface area contributed by atoms with Gasteiger partial charge in [-0.25, -0.2) is 14.6 Å². The minimum atomic E-state index is -1.26. The van der Waals surface area contributed by atoms with E-state index in [0.717, 1.165) is 12.8 Å². The molecule has 2 aliphatic carbocycles. The zero-order valence-electron chi connectivity index (χ0n) is 18.1. The summed E-state index contributed by atoms with van der Waals surface area (Å²) in [6, 6.07) is 8.75. The van der Waals surface area contributed by atoms with E-state index < -0.39 is 11.9 Å². The number of carbonyl (C=O) groups is 2. The molecule has 2 aromatic rings. The van der Waals surface area contributed by atoms with Crippen LogP contribution >= 0.6 is 11.3 Å². The zero-order chi connectivity index (χ0) is 22.4. The van der Waals surface area contributed by atoms with Gasteiger partial charge in [0.05, 0.1) is 10.7 Å². The molecule has 1 fully saturated rings. The summed E-state index contributed by atoms with van der Waals surface area (Å²) in [6.45, 7) is 0. The van der Waals surface area contributed by atoms with Crippen molar-refractivity contribution in [1.29, 1.82) is 0 Å². The topological polar surface area (TPSA) is 90.7 Å². The Hall–Kier alpha value is -2.51. The molecule has 31 heavy (non-hydrogen) atoms. The number of aromatic nitrogens is 1. The van der Waals surface area contributed by atoms with E-state index in [9.17, 15) is 9.59 Å². The molecular formula is C24H30N2O4S. The van der Waals surface area contributed by atoms with Crippen molar-refractivity contribution in [2.24, 2.45) is 0 Å². The lowest BCUT2D eigenvalue weighted by Crippen LogP contribution is -2.46. The lowest BCUT2D eigenvalue weighted by Gasteiger charge is -2.43. The number of nitrogens with zero attached hydrogens (tertiary/aromatic N) is 2. The molecule has 7 heteroatoms. The molecule has 6 nitrogen and oxygen atoms in total. The van der Waals surface area contributed by atoms with Gasteiger partial charge < -0.3 is 15.1 Å². The van der Waals surface area contributed by atoms with E-state index in [1.807, 2.05) is 11.3 Å². The highest BCUT2D eigenvalue weighted by Crippen LogP contribution is 2.41. The number of carboxylic acid groups (broad SMARTS) is 2. The number of benzene rings is 1. The number of hydrogen-bond donors (Lipinski definition) is 2. The summed E-state index contributed by atoms with van der Waals surface area (Å²) in [4.78, 5) is 28.1. The summed E-state index contributed by atoms with van der Waals surface area (Å²) in [5.41, 5.74) is 4.49. The van der Waals surface area contributed by atoms with Crippen molar-refractivity contribution in [3.05, 3.63) is 51.9 Å². The quantitative estimate of drug-likeness (QED) is 0.541. The average molecular weight is 443 g/mol. The van der Waals surface area contributed by atoms with Gasteiger partial charge in [-0.2, -0.15) is 0 Å². The molecule has 2 aliphatic rings. The summed E-state index contributed by atoms with van der Waals surface area (Å²) < 4.78 is 0. The van der Waals surface area contributed by atoms with Crippen LogP contribution in [0.3, 0.4) is 0 Å². The van der Waals surface area contributed by atoms with Gasteiger partial charge in [-0.15, -0.1) is 11.3 Å². The molecule has 0 saturated heterocycles. The van der Waals surface area contributed by atoms with Crippen LogP contribution in [0.25, 0.3) is 11.3 Å². The predicted molar refractivity (Wildman–Crippen MR) is 123 cm³/mol. The van der Waals surface area contributed by atoms with E-state index in [2.05, 4.69) is 43.3 Å². The summed E-state index contributed by atoms with van der Waals surface area (Å²) in [7, 11) is 4.53. The number of aliphatic carboxylic acids is 2. The molecule has 0 radical (unpaired) electrons. The maximum Gasteiger partial charge on any atom is 0.328 e. The number of aryl methyl sites for hydroxylation is 1. The summed E-state index contributed by atoms with van der Waals surface area (Å²) in [5.74, 6) is -2.51. The second-order valence-corrected chi connectivity index (χ2v) is 9.57. The molecule has 1 heterocycles. The number of thiazole rings is 1. The lowest BCUT2D eigenvalue weighted by atomic mass is 9.77. The highest BCUT2D eigenvalue weighted by Gasteiger charge is 2.34. The molecule has 0 bridgehead atoms. The van der Waals surface area contributed by atoms with E-state index in [4.69, 9.17) is 15.2 Å². The smallest absolute Gasteiger partial charge is 0.328 e. The Balaban J connectivity index is 0.000000293. The summed E-state index contributed by atoms with van der Waals surface area (Å²) >= 11 is 1.95. The van der Waals surface area contributed by atoms with Crippen molar-refractivity contribution in [3.8, 4) is 11.3 Å². The number of fused-ring (bicyclic) bond motifs is 3. The fraction of sp³-hybridized carbons (Fsp3) is 0.458. The Labute approximate surface area is 187 Å². The molecule has 0 aliphatic heterocycles. The van der Waals surface area contributed by atoms with Crippen LogP contribution in [-0.2, 0) is 22.4 Å². The fourth-order valence-electron chi connectivity index (χ4n) is 4.53. The van der Waals surface area contributed by atoms with Crippen molar-refractivity contribution >= 4 is 23.3 Å². The number of hydrogen-bond acceptors (Lipinski definition) is 5. The molecule has 0 amide bonds. The lowest BCUT2D eigenvalue weighted by molar-refractivity contribution is -0.134. The van der Waals surface area contributed by atoms with Gasteiger partial charge in [0.2, 0.25) is 0 Å². The van der Waals surface area contributed by atoms with E-state index in [0.29, 0.717) is 17.7 Å². The van der Waals surface area contributed by atoms with Crippen LogP contribution in [0.2, 0.25) is 0 Å². The standard InChI is InChI=1S/C20H26N2S.C4H4O4/c1-22(2)20(11-6-3-7-12-20)13-10-18-21-19-16-9-5-4-8-15(16)14-17(19)23-18;5-3(6)1-2-4(7)8/h4-5,8-9H,3,6-7,10-14H2,1-2H3;1-2H,(H,5,6)(H,7,8). The van der Waals surface area contributed by atoms with Crippen LogP contribution in [0.5, 0.6) is 0 Å². The molecule has 1 aromatic carbocycles. The van der Waals surface area contributed by atoms with Crippen LogP contribution in [-0.4, -0.2) is 51.7 Å². The van der Waals surface area contributed by atoms with Crippen LogP contribution in [0.4, 0.5) is 0 Å². The molecule has 2 N–H and O–H groups in total. The van der Waals surface area contributed by atoms with Crippen molar-refractivity contribution in [2.75, 3.05) is 14.1 Å².